The van der Waals surface area contributed by atoms with Gasteiger partial charge in [-0.2, -0.15) is 0 Å². The van der Waals surface area contributed by atoms with E-state index < -0.39 is 5.67 Å². The molecule has 4 nitrogen and oxygen atoms in total. The van der Waals surface area contributed by atoms with E-state index in [1.165, 1.54) is 13.8 Å². The second-order valence-corrected chi connectivity index (χ2v) is 3.99. The van der Waals surface area contributed by atoms with Gasteiger partial charge in [-0.1, -0.05) is 5.21 Å². The molecule has 0 aromatic carbocycles. The van der Waals surface area contributed by atoms with Gasteiger partial charge in [0.25, 0.3) is 0 Å². The van der Waals surface area contributed by atoms with Gasteiger partial charge in [-0.25, -0.2) is 9.07 Å². The molecule has 1 heterocycles. The van der Waals surface area contributed by atoms with Crippen LogP contribution >= 0.6 is 0 Å². The first kappa shape index (κ1) is 11.1. The zero-order chi connectivity index (χ0) is 10.6. The molecular weight excluding hydrogens is 183 g/mol. The van der Waals surface area contributed by atoms with Crippen LogP contribution in [0.5, 0.6) is 0 Å². The van der Waals surface area contributed by atoms with E-state index >= 15 is 0 Å². The van der Waals surface area contributed by atoms with E-state index in [4.69, 9.17) is 5.73 Å². The summed E-state index contributed by atoms with van der Waals surface area (Å²) in [6.45, 7) is 3.93. The van der Waals surface area contributed by atoms with Crippen LogP contribution in [0.1, 0.15) is 26.0 Å². The first-order chi connectivity index (χ1) is 6.53. The molecule has 0 aliphatic heterocycles. The SMILES string of the molecule is CC(C)(F)Cn1nncc1CCCN. The van der Waals surface area contributed by atoms with Gasteiger partial charge in [0.2, 0.25) is 0 Å². The van der Waals surface area contributed by atoms with Crippen molar-refractivity contribution in [3.8, 4) is 0 Å². The molecule has 1 rings (SSSR count). The molecule has 0 bridgehead atoms. The molecule has 0 saturated carbocycles. The van der Waals surface area contributed by atoms with Gasteiger partial charge in [0.1, 0.15) is 5.67 Å². The highest BCUT2D eigenvalue weighted by Crippen LogP contribution is 2.12. The second-order valence-electron chi connectivity index (χ2n) is 3.99. The summed E-state index contributed by atoms with van der Waals surface area (Å²) in [6.07, 6.45) is 3.35. The van der Waals surface area contributed by atoms with E-state index in [9.17, 15) is 4.39 Å². The van der Waals surface area contributed by atoms with Crippen molar-refractivity contribution in [2.45, 2.75) is 38.9 Å². The zero-order valence-corrected chi connectivity index (χ0v) is 8.70. The fourth-order valence-corrected chi connectivity index (χ4v) is 1.24. The van der Waals surface area contributed by atoms with Crippen molar-refractivity contribution in [3.63, 3.8) is 0 Å². The van der Waals surface area contributed by atoms with Gasteiger partial charge in [-0.3, -0.25) is 0 Å². The Labute approximate surface area is 83.3 Å². The van der Waals surface area contributed by atoms with Crippen LogP contribution in [-0.2, 0) is 13.0 Å². The highest BCUT2D eigenvalue weighted by atomic mass is 19.1. The summed E-state index contributed by atoms with van der Waals surface area (Å²) >= 11 is 0. The van der Waals surface area contributed by atoms with Crippen molar-refractivity contribution in [2.75, 3.05) is 6.54 Å². The third kappa shape index (κ3) is 3.41. The summed E-state index contributed by atoms with van der Waals surface area (Å²) in [6, 6.07) is 0. The second kappa shape index (κ2) is 4.50. The minimum absolute atomic E-state index is 0.243. The third-order valence-corrected chi connectivity index (χ3v) is 1.86. The van der Waals surface area contributed by atoms with Crippen LogP contribution < -0.4 is 5.73 Å². The fraction of sp³-hybridized carbons (Fsp3) is 0.778. The molecule has 80 valence electrons. The number of halogens is 1. The maximum Gasteiger partial charge on any atom is 0.125 e. The number of alkyl halides is 1. The van der Waals surface area contributed by atoms with Gasteiger partial charge in [-0.05, 0) is 33.2 Å². The number of aromatic nitrogens is 3. The Kier molecular flexibility index (Phi) is 3.57. The molecule has 0 saturated heterocycles. The molecule has 0 aliphatic carbocycles. The van der Waals surface area contributed by atoms with Crippen LogP contribution in [0.2, 0.25) is 0 Å². The van der Waals surface area contributed by atoms with E-state index in [0.29, 0.717) is 6.54 Å². The molecule has 0 aliphatic rings. The van der Waals surface area contributed by atoms with Crippen molar-refractivity contribution in [1.82, 2.24) is 15.0 Å². The summed E-state index contributed by atoms with van der Waals surface area (Å²) in [5.74, 6) is 0. The Balaban J connectivity index is 2.63. The minimum Gasteiger partial charge on any atom is -0.330 e. The van der Waals surface area contributed by atoms with Gasteiger partial charge in [-0.15, -0.1) is 5.10 Å². The maximum absolute atomic E-state index is 13.3. The Bertz CT molecular complexity index is 277. The van der Waals surface area contributed by atoms with Crippen molar-refractivity contribution in [1.29, 1.82) is 0 Å². The zero-order valence-electron chi connectivity index (χ0n) is 8.70. The summed E-state index contributed by atoms with van der Waals surface area (Å²) in [5.41, 5.74) is 5.09. The lowest BCUT2D eigenvalue weighted by Crippen LogP contribution is -2.23. The molecule has 1 aromatic rings. The topological polar surface area (TPSA) is 56.7 Å². The Morgan fingerprint density at radius 2 is 2.29 bits per heavy atom. The molecule has 5 heteroatoms. The number of nitrogens with two attached hydrogens (primary N) is 1. The maximum atomic E-state index is 13.3. The Morgan fingerprint density at radius 3 is 2.86 bits per heavy atom. The van der Waals surface area contributed by atoms with Crippen LogP contribution in [0.3, 0.4) is 0 Å². The van der Waals surface area contributed by atoms with Gasteiger partial charge in [0, 0.05) is 0 Å². The van der Waals surface area contributed by atoms with Crippen LogP contribution in [0.15, 0.2) is 6.20 Å². The molecule has 0 atom stereocenters. The molecule has 0 amide bonds. The first-order valence-corrected chi connectivity index (χ1v) is 4.79. The van der Waals surface area contributed by atoms with E-state index in [1.807, 2.05) is 0 Å². The van der Waals surface area contributed by atoms with Crippen LogP contribution in [-0.4, -0.2) is 27.2 Å². The van der Waals surface area contributed by atoms with Crippen LogP contribution in [0.25, 0.3) is 0 Å². The molecule has 0 fully saturated rings. The highest BCUT2D eigenvalue weighted by molar-refractivity contribution is 4.95. The third-order valence-electron chi connectivity index (χ3n) is 1.86. The van der Waals surface area contributed by atoms with Crippen molar-refractivity contribution >= 4 is 0 Å². The summed E-state index contributed by atoms with van der Waals surface area (Å²) in [7, 11) is 0. The minimum atomic E-state index is -1.26. The molecular formula is C9H17FN4. The lowest BCUT2D eigenvalue weighted by atomic mass is 10.1. The van der Waals surface area contributed by atoms with E-state index in [-0.39, 0.29) is 6.54 Å². The summed E-state index contributed by atoms with van der Waals surface area (Å²) < 4.78 is 14.9. The average molecular weight is 200 g/mol. The Morgan fingerprint density at radius 1 is 1.57 bits per heavy atom. The number of rotatable bonds is 5. The largest absolute Gasteiger partial charge is 0.330 e. The smallest absolute Gasteiger partial charge is 0.125 e. The number of aryl methyl sites for hydroxylation is 1. The normalized spacial score (nSPS) is 12.0. The van der Waals surface area contributed by atoms with E-state index in [0.717, 1.165) is 18.5 Å². The molecule has 2 N–H and O–H groups in total. The standard InChI is InChI=1S/C9H17FN4/c1-9(2,10)7-14-8(4-3-5-11)6-12-13-14/h6H,3-5,7,11H2,1-2H3. The van der Waals surface area contributed by atoms with Crippen molar-refractivity contribution < 1.29 is 4.39 Å². The number of hydrogen-bond acceptors (Lipinski definition) is 3. The van der Waals surface area contributed by atoms with Gasteiger partial charge in [0.05, 0.1) is 18.4 Å². The van der Waals surface area contributed by atoms with Crippen LogP contribution in [0.4, 0.5) is 4.39 Å². The molecule has 14 heavy (non-hydrogen) atoms. The molecule has 0 spiro atoms. The Hall–Kier alpha value is -0.970. The lowest BCUT2D eigenvalue weighted by Gasteiger charge is -2.15. The lowest BCUT2D eigenvalue weighted by molar-refractivity contribution is 0.176. The summed E-state index contributed by atoms with van der Waals surface area (Å²) in [5, 5.41) is 7.60. The average Bonchev–Trinajstić information content (AvgIpc) is 2.45. The van der Waals surface area contributed by atoms with E-state index in [2.05, 4.69) is 10.3 Å². The van der Waals surface area contributed by atoms with Gasteiger partial charge < -0.3 is 5.73 Å². The van der Waals surface area contributed by atoms with E-state index in [1.54, 1.807) is 10.9 Å². The molecule has 0 unspecified atom stereocenters. The van der Waals surface area contributed by atoms with Crippen molar-refractivity contribution in [2.24, 2.45) is 5.73 Å². The molecule has 0 radical (unpaired) electrons. The number of hydrogen-bond donors (Lipinski definition) is 1. The van der Waals surface area contributed by atoms with Crippen LogP contribution in [0, 0.1) is 0 Å². The predicted octanol–water partition coefficient (Wildman–Crippen LogP) is 0.917. The fourth-order valence-electron chi connectivity index (χ4n) is 1.24. The summed E-state index contributed by atoms with van der Waals surface area (Å²) in [4.78, 5) is 0. The molecule has 1 aromatic heterocycles. The monoisotopic (exact) mass is 200 g/mol. The van der Waals surface area contributed by atoms with Gasteiger partial charge >= 0.3 is 0 Å². The predicted molar refractivity (Wildman–Crippen MR) is 52.6 cm³/mol. The first-order valence-electron chi connectivity index (χ1n) is 4.79. The highest BCUT2D eigenvalue weighted by Gasteiger charge is 2.18. The van der Waals surface area contributed by atoms with Gasteiger partial charge in [0.15, 0.2) is 0 Å². The van der Waals surface area contributed by atoms with Crippen molar-refractivity contribution in [3.05, 3.63) is 11.9 Å². The quantitative estimate of drug-likeness (QED) is 0.768. The number of nitrogens with zero attached hydrogens (tertiary/aromatic N) is 3.